The Morgan fingerprint density at radius 3 is 2.88 bits per heavy atom. The molecule has 1 heterocycles. The lowest BCUT2D eigenvalue weighted by molar-refractivity contribution is 0.0697. The Morgan fingerprint density at radius 2 is 2.38 bits per heavy atom. The summed E-state index contributed by atoms with van der Waals surface area (Å²) in [7, 11) is 3.39. The topological polar surface area (TPSA) is 71.5 Å². The van der Waals surface area contributed by atoms with Crippen LogP contribution in [0.3, 0.4) is 0 Å². The SMILES string of the molecule is CNCC(C)c1nc(COC)c(C(=O)O)s1. The van der Waals surface area contributed by atoms with E-state index >= 15 is 0 Å². The van der Waals surface area contributed by atoms with E-state index in [0.29, 0.717) is 5.69 Å². The largest absolute Gasteiger partial charge is 0.477 e. The Bertz CT molecular complexity index is 365. The molecule has 16 heavy (non-hydrogen) atoms. The van der Waals surface area contributed by atoms with Crippen LogP contribution in [0.1, 0.15) is 33.2 Å². The Labute approximate surface area is 98.5 Å². The summed E-state index contributed by atoms with van der Waals surface area (Å²) in [6, 6.07) is 0. The van der Waals surface area contributed by atoms with Crippen LogP contribution in [0, 0.1) is 0 Å². The van der Waals surface area contributed by atoms with E-state index in [0.717, 1.165) is 11.6 Å². The minimum absolute atomic E-state index is 0.207. The number of ether oxygens (including phenoxy) is 1. The number of hydrogen-bond donors (Lipinski definition) is 2. The molecular weight excluding hydrogens is 228 g/mol. The molecule has 1 atom stereocenters. The molecule has 2 N–H and O–H groups in total. The predicted octanol–water partition coefficient (Wildman–Crippen LogP) is 1.31. The molecular formula is C10H16N2O3S. The lowest BCUT2D eigenvalue weighted by Gasteiger charge is -2.05. The second kappa shape index (κ2) is 5.93. The quantitative estimate of drug-likeness (QED) is 0.789. The Morgan fingerprint density at radius 1 is 1.69 bits per heavy atom. The maximum absolute atomic E-state index is 11.0. The first-order chi connectivity index (χ1) is 7.60. The minimum atomic E-state index is -0.938. The third-order valence-corrected chi connectivity index (χ3v) is 3.44. The van der Waals surface area contributed by atoms with Crippen LogP contribution in [0.4, 0.5) is 0 Å². The normalized spacial score (nSPS) is 12.7. The van der Waals surface area contributed by atoms with Crippen LogP contribution in [0.15, 0.2) is 0 Å². The van der Waals surface area contributed by atoms with E-state index in [9.17, 15) is 4.79 Å². The lowest BCUT2D eigenvalue weighted by Crippen LogP contribution is -2.14. The fourth-order valence-corrected chi connectivity index (χ4v) is 2.34. The van der Waals surface area contributed by atoms with Gasteiger partial charge in [-0.2, -0.15) is 0 Å². The molecule has 6 heteroatoms. The number of rotatable bonds is 6. The summed E-state index contributed by atoms with van der Waals surface area (Å²) in [6.07, 6.45) is 0. The third-order valence-electron chi connectivity index (χ3n) is 2.12. The summed E-state index contributed by atoms with van der Waals surface area (Å²) in [5, 5.41) is 12.9. The highest BCUT2D eigenvalue weighted by Gasteiger charge is 2.19. The average Bonchev–Trinajstić information content (AvgIpc) is 2.63. The van der Waals surface area contributed by atoms with Gasteiger partial charge in [0.05, 0.1) is 17.3 Å². The van der Waals surface area contributed by atoms with Crippen molar-refractivity contribution >= 4 is 17.3 Å². The highest BCUT2D eigenvalue weighted by Crippen LogP contribution is 2.25. The number of methoxy groups -OCH3 is 1. The van der Waals surface area contributed by atoms with Gasteiger partial charge in [0, 0.05) is 19.6 Å². The van der Waals surface area contributed by atoms with Crippen molar-refractivity contribution in [3.05, 3.63) is 15.6 Å². The highest BCUT2D eigenvalue weighted by molar-refractivity contribution is 7.13. The molecule has 1 aromatic heterocycles. The van der Waals surface area contributed by atoms with E-state index in [4.69, 9.17) is 9.84 Å². The van der Waals surface area contributed by atoms with Crippen LogP contribution < -0.4 is 5.32 Å². The van der Waals surface area contributed by atoms with Gasteiger partial charge in [-0.15, -0.1) is 11.3 Å². The first-order valence-corrected chi connectivity index (χ1v) is 5.78. The number of thiazole rings is 1. The van der Waals surface area contributed by atoms with Crippen molar-refractivity contribution in [2.75, 3.05) is 20.7 Å². The molecule has 0 aliphatic heterocycles. The summed E-state index contributed by atoms with van der Waals surface area (Å²) in [6.45, 7) is 3.03. The molecule has 0 saturated carbocycles. The molecule has 1 unspecified atom stereocenters. The number of hydrogen-bond acceptors (Lipinski definition) is 5. The Balaban J connectivity index is 2.96. The smallest absolute Gasteiger partial charge is 0.347 e. The monoisotopic (exact) mass is 244 g/mol. The number of carboxylic acid groups (broad SMARTS) is 1. The maximum Gasteiger partial charge on any atom is 0.347 e. The fourth-order valence-electron chi connectivity index (χ4n) is 1.38. The molecule has 0 spiro atoms. The van der Waals surface area contributed by atoms with Crippen molar-refractivity contribution in [3.8, 4) is 0 Å². The van der Waals surface area contributed by atoms with Gasteiger partial charge in [0.25, 0.3) is 0 Å². The maximum atomic E-state index is 11.0. The van der Waals surface area contributed by atoms with Gasteiger partial charge in [-0.25, -0.2) is 9.78 Å². The van der Waals surface area contributed by atoms with Gasteiger partial charge in [0.1, 0.15) is 4.88 Å². The van der Waals surface area contributed by atoms with Gasteiger partial charge in [-0.3, -0.25) is 0 Å². The third kappa shape index (κ3) is 3.01. The first-order valence-electron chi connectivity index (χ1n) is 4.96. The standard InChI is InChI=1S/C10H16N2O3S/c1-6(4-11-2)9-12-7(5-15-3)8(16-9)10(13)14/h6,11H,4-5H2,1-3H3,(H,13,14). The molecule has 0 amide bonds. The predicted molar refractivity (Wildman–Crippen MR) is 62.1 cm³/mol. The number of nitrogens with zero attached hydrogens (tertiary/aromatic N) is 1. The lowest BCUT2D eigenvalue weighted by atomic mass is 10.2. The number of carboxylic acids is 1. The molecule has 90 valence electrons. The summed E-state index contributed by atoms with van der Waals surface area (Å²) in [5.41, 5.74) is 0.512. The van der Waals surface area contributed by atoms with Crippen molar-refractivity contribution in [2.45, 2.75) is 19.4 Å². The Kier molecular flexibility index (Phi) is 4.85. The van der Waals surface area contributed by atoms with E-state index < -0.39 is 5.97 Å². The van der Waals surface area contributed by atoms with Gasteiger partial charge < -0.3 is 15.2 Å². The molecule has 0 aliphatic rings. The van der Waals surface area contributed by atoms with Crippen LogP contribution in [-0.4, -0.2) is 36.8 Å². The summed E-state index contributed by atoms with van der Waals surface area (Å²) in [4.78, 5) is 15.6. The van der Waals surface area contributed by atoms with Crippen molar-refractivity contribution in [1.82, 2.24) is 10.3 Å². The molecule has 0 aromatic carbocycles. The van der Waals surface area contributed by atoms with Crippen molar-refractivity contribution in [3.63, 3.8) is 0 Å². The van der Waals surface area contributed by atoms with Gasteiger partial charge in [0.15, 0.2) is 0 Å². The average molecular weight is 244 g/mol. The van der Waals surface area contributed by atoms with Crippen LogP contribution in [-0.2, 0) is 11.3 Å². The number of aromatic nitrogens is 1. The molecule has 0 aliphatic carbocycles. The van der Waals surface area contributed by atoms with Crippen molar-refractivity contribution in [2.24, 2.45) is 0 Å². The molecule has 1 rings (SSSR count). The van der Waals surface area contributed by atoms with E-state index in [1.807, 2.05) is 14.0 Å². The van der Waals surface area contributed by atoms with Gasteiger partial charge in [-0.05, 0) is 7.05 Å². The summed E-state index contributed by atoms with van der Waals surface area (Å²) in [5.74, 6) is -0.730. The van der Waals surface area contributed by atoms with Crippen LogP contribution >= 0.6 is 11.3 Å². The van der Waals surface area contributed by atoms with E-state index in [1.165, 1.54) is 18.4 Å². The van der Waals surface area contributed by atoms with Crippen molar-refractivity contribution < 1.29 is 14.6 Å². The van der Waals surface area contributed by atoms with Crippen molar-refractivity contribution in [1.29, 1.82) is 0 Å². The van der Waals surface area contributed by atoms with Crippen LogP contribution in [0.5, 0.6) is 0 Å². The Hall–Kier alpha value is -0.980. The van der Waals surface area contributed by atoms with E-state index in [-0.39, 0.29) is 17.4 Å². The van der Waals surface area contributed by atoms with Crippen LogP contribution in [0.25, 0.3) is 0 Å². The molecule has 0 saturated heterocycles. The molecule has 0 fully saturated rings. The number of nitrogens with one attached hydrogen (secondary N) is 1. The molecule has 0 radical (unpaired) electrons. The zero-order valence-corrected chi connectivity index (χ0v) is 10.4. The fraction of sp³-hybridized carbons (Fsp3) is 0.600. The van der Waals surface area contributed by atoms with Gasteiger partial charge in [-0.1, -0.05) is 6.92 Å². The molecule has 5 nitrogen and oxygen atoms in total. The zero-order chi connectivity index (χ0) is 12.1. The zero-order valence-electron chi connectivity index (χ0n) is 9.61. The van der Waals surface area contributed by atoms with Gasteiger partial charge >= 0.3 is 5.97 Å². The first kappa shape index (κ1) is 13.1. The second-order valence-corrected chi connectivity index (χ2v) is 4.56. The van der Waals surface area contributed by atoms with E-state index in [1.54, 1.807) is 0 Å². The number of aromatic carboxylic acids is 1. The molecule has 0 bridgehead atoms. The summed E-state index contributed by atoms with van der Waals surface area (Å²) >= 11 is 1.22. The highest BCUT2D eigenvalue weighted by atomic mass is 32.1. The van der Waals surface area contributed by atoms with Gasteiger partial charge in [0.2, 0.25) is 0 Å². The number of likely N-dealkylation sites (N-methyl/N-ethyl adjacent to an activating group) is 1. The molecule has 1 aromatic rings. The minimum Gasteiger partial charge on any atom is -0.477 e. The second-order valence-electron chi connectivity index (χ2n) is 3.52. The van der Waals surface area contributed by atoms with Crippen LogP contribution in [0.2, 0.25) is 0 Å². The summed E-state index contributed by atoms with van der Waals surface area (Å²) < 4.78 is 4.94. The number of carbonyl (C=O) groups is 1. The van der Waals surface area contributed by atoms with E-state index in [2.05, 4.69) is 10.3 Å².